The van der Waals surface area contributed by atoms with Crippen LogP contribution in [0.1, 0.15) is 37.9 Å². The van der Waals surface area contributed by atoms with E-state index in [1.807, 2.05) is 0 Å². The lowest BCUT2D eigenvalue weighted by Crippen LogP contribution is -2.55. The molecule has 2 fully saturated rings. The molecule has 0 unspecified atom stereocenters. The van der Waals surface area contributed by atoms with Crippen LogP contribution in [-0.4, -0.2) is 69.1 Å². The highest BCUT2D eigenvalue weighted by molar-refractivity contribution is 5.77. The van der Waals surface area contributed by atoms with Gasteiger partial charge in [0.2, 0.25) is 5.91 Å². The highest BCUT2D eigenvalue weighted by Gasteiger charge is 2.37. The molecule has 6 nitrogen and oxygen atoms in total. The number of aryl methyl sites for hydroxylation is 1. The summed E-state index contributed by atoms with van der Waals surface area (Å²) >= 11 is 0. The summed E-state index contributed by atoms with van der Waals surface area (Å²) in [7, 11) is 0. The lowest BCUT2D eigenvalue weighted by molar-refractivity contribution is -0.139. The van der Waals surface area contributed by atoms with Crippen molar-refractivity contribution in [3.63, 3.8) is 0 Å². The summed E-state index contributed by atoms with van der Waals surface area (Å²) in [6.45, 7) is 3.86. The molecule has 7 heteroatoms. The third-order valence-electron chi connectivity index (χ3n) is 5.69. The maximum Gasteiger partial charge on any atom is 0.223 e. The smallest absolute Gasteiger partial charge is 0.223 e. The third-order valence-corrected chi connectivity index (χ3v) is 5.69. The van der Waals surface area contributed by atoms with Gasteiger partial charge in [-0.15, -0.1) is 0 Å². The number of nitrogens with zero attached hydrogens (tertiary/aromatic N) is 3. The van der Waals surface area contributed by atoms with Crippen LogP contribution in [0.5, 0.6) is 0 Å². The van der Waals surface area contributed by atoms with E-state index in [9.17, 15) is 14.3 Å². The van der Waals surface area contributed by atoms with Crippen molar-refractivity contribution in [1.29, 1.82) is 0 Å². The molecular formula is C20H27FN4O2. The van der Waals surface area contributed by atoms with Crippen LogP contribution in [0.4, 0.5) is 4.39 Å². The Morgan fingerprint density at radius 2 is 2.07 bits per heavy atom. The van der Waals surface area contributed by atoms with Crippen LogP contribution < -0.4 is 0 Å². The molecule has 1 aromatic carbocycles. The molecule has 27 heavy (non-hydrogen) atoms. The minimum absolute atomic E-state index is 0.0428. The van der Waals surface area contributed by atoms with Crippen LogP contribution in [-0.2, 0) is 11.2 Å². The SMILES string of the molecule is O=C(CCc1nc2ccc(F)cc2[nH]1)N1CCC[C@@](O)(CN2CCCC2)C1. The number of fused-ring (bicyclic) bond motifs is 1. The summed E-state index contributed by atoms with van der Waals surface area (Å²) in [4.78, 5) is 24.3. The first-order chi connectivity index (χ1) is 13.0. The Hall–Kier alpha value is -1.99. The van der Waals surface area contributed by atoms with Gasteiger partial charge in [-0.1, -0.05) is 0 Å². The second-order valence-electron chi connectivity index (χ2n) is 7.97. The molecule has 1 atom stereocenters. The largest absolute Gasteiger partial charge is 0.387 e. The Kier molecular flexibility index (Phi) is 5.14. The number of rotatable bonds is 5. The predicted molar refractivity (Wildman–Crippen MR) is 101 cm³/mol. The Morgan fingerprint density at radius 1 is 1.26 bits per heavy atom. The van der Waals surface area contributed by atoms with E-state index in [0.29, 0.717) is 49.3 Å². The van der Waals surface area contributed by atoms with E-state index in [1.54, 1.807) is 11.0 Å². The molecule has 0 saturated carbocycles. The highest BCUT2D eigenvalue weighted by atomic mass is 19.1. The molecule has 2 aliphatic rings. The minimum Gasteiger partial charge on any atom is -0.387 e. The van der Waals surface area contributed by atoms with Crippen molar-refractivity contribution in [2.24, 2.45) is 0 Å². The van der Waals surface area contributed by atoms with Crippen molar-refractivity contribution in [2.45, 2.75) is 44.1 Å². The van der Waals surface area contributed by atoms with Gasteiger partial charge >= 0.3 is 0 Å². The summed E-state index contributed by atoms with van der Waals surface area (Å²) < 4.78 is 13.3. The molecule has 1 amide bonds. The second kappa shape index (κ2) is 7.56. The summed E-state index contributed by atoms with van der Waals surface area (Å²) in [6, 6.07) is 4.43. The Morgan fingerprint density at radius 3 is 2.89 bits per heavy atom. The molecule has 0 radical (unpaired) electrons. The topological polar surface area (TPSA) is 72.5 Å². The number of carbonyl (C=O) groups excluding carboxylic acids is 1. The van der Waals surface area contributed by atoms with Gasteiger partial charge in [0.15, 0.2) is 0 Å². The number of aromatic nitrogens is 2. The maximum atomic E-state index is 13.3. The van der Waals surface area contributed by atoms with E-state index < -0.39 is 5.60 Å². The molecule has 1 aromatic heterocycles. The van der Waals surface area contributed by atoms with Crippen LogP contribution in [0, 0.1) is 5.82 Å². The number of halogens is 1. The molecule has 0 bridgehead atoms. The number of nitrogens with one attached hydrogen (secondary N) is 1. The zero-order valence-electron chi connectivity index (χ0n) is 15.6. The van der Waals surface area contributed by atoms with Gasteiger partial charge in [0.05, 0.1) is 23.2 Å². The minimum atomic E-state index is -0.796. The first-order valence-corrected chi connectivity index (χ1v) is 9.87. The number of imidazole rings is 1. The van der Waals surface area contributed by atoms with Gasteiger partial charge in [0, 0.05) is 25.9 Å². The zero-order valence-corrected chi connectivity index (χ0v) is 15.6. The van der Waals surface area contributed by atoms with Crippen LogP contribution in [0.15, 0.2) is 18.2 Å². The summed E-state index contributed by atoms with van der Waals surface area (Å²) in [5.74, 6) is 0.425. The van der Waals surface area contributed by atoms with Gasteiger partial charge < -0.3 is 19.9 Å². The number of aliphatic hydroxyl groups is 1. The van der Waals surface area contributed by atoms with Crippen LogP contribution in [0.3, 0.4) is 0 Å². The number of β-amino-alcohol motifs (C(OH)–C–C–N with tert-alkyl or cyclic N) is 1. The van der Waals surface area contributed by atoms with E-state index in [-0.39, 0.29) is 11.7 Å². The number of H-pyrrole nitrogens is 1. The number of amides is 1. The number of hydrogen-bond acceptors (Lipinski definition) is 4. The predicted octanol–water partition coefficient (Wildman–Crippen LogP) is 2.08. The lowest BCUT2D eigenvalue weighted by atomic mass is 9.92. The molecule has 0 spiro atoms. The van der Waals surface area contributed by atoms with E-state index in [4.69, 9.17) is 0 Å². The number of carbonyl (C=O) groups is 1. The van der Waals surface area contributed by atoms with E-state index in [1.165, 1.54) is 25.0 Å². The fourth-order valence-corrected chi connectivity index (χ4v) is 4.35. The van der Waals surface area contributed by atoms with Crippen molar-refractivity contribution in [1.82, 2.24) is 19.8 Å². The zero-order chi connectivity index (χ0) is 18.9. The first-order valence-electron chi connectivity index (χ1n) is 9.87. The van der Waals surface area contributed by atoms with Gasteiger partial charge in [0.25, 0.3) is 0 Å². The molecular weight excluding hydrogens is 347 g/mol. The number of piperidine rings is 1. The Balaban J connectivity index is 1.34. The van der Waals surface area contributed by atoms with Crippen molar-refractivity contribution in [3.8, 4) is 0 Å². The van der Waals surface area contributed by atoms with Gasteiger partial charge in [-0.3, -0.25) is 4.79 Å². The average Bonchev–Trinajstić information content (AvgIpc) is 3.28. The van der Waals surface area contributed by atoms with Crippen molar-refractivity contribution >= 4 is 16.9 Å². The molecule has 146 valence electrons. The highest BCUT2D eigenvalue weighted by Crippen LogP contribution is 2.25. The van der Waals surface area contributed by atoms with Crippen molar-refractivity contribution in [3.05, 3.63) is 29.8 Å². The molecule has 2 N–H and O–H groups in total. The second-order valence-corrected chi connectivity index (χ2v) is 7.97. The number of benzene rings is 1. The average molecular weight is 374 g/mol. The van der Waals surface area contributed by atoms with Gasteiger partial charge in [-0.05, 0) is 57.0 Å². The third kappa shape index (κ3) is 4.30. The molecule has 0 aliphatic carbocycles. The van der Waals surface area contributed by atoms with Gasteiger partial charge in [0.1, 0.15) is 11.6 Å². The molecule has 2 aliphatic heterocycles. The molecule has 4 rings (SSSR count). The van der Waals surface area contributed by atoms with Gasteiger partial charge in [-0.25, -0.2) is 9.37 Å². The fourth-order valence-electron chi connectivity index (χ4n) is 4.35. The maximum absolute atomic E-state index is 13.3. The van der Waals surface area contributed by atoms with E-state index >= 15 is 0 Å². The summed E-state index contributed by atoms with van der Waals surface area (Å²) in [5.41, 5.74) is 0.557. The number of hydrogen-bond donors (Lipinski definition) is 2. The van der Waals surface area contributed by atoms with Crippen LogP contribution >= 0.6 is 0 Å². The van der Waals surface area contributed by atoms with E-state index in [0.717, 1.165) is 25.9 Å². The van der Waals surface area contributed by atoms with E-state index in [2.05, 4.69) is 14.9 Å². The number of likely N-dealkylation sites (tertiary alicyclic amines) is 2. The normalized spacial score (nSPS) is 24.0. The molecule has 2 aromatic rings. The van der Waals surface area contributed by atoms with Crippen LogP contribution in [0.2, 0.25) is 0 Å². The quantitative estimate of drug-likeness (QED) is 0.841. The standard InChI is InChI=1S/C20H27FN4O2/c21-15-4-5-16-17(12-15)23-18(22-16)6-7-19(26)25-11-3-8-20(27,14-25)13-24-9-1-2-10-24/h4-5,12,27H,1-3,6-11,13-14H2,(H,22,23)/t20-/m1/s1. The monoisotopic (exact) mass is 374 g/mol. The molecule has 3 heterocycles. The summed E-state index contributed by atoms with van der Waals surface area (Å²) in [5, 5.41) is 11.0. The lowest BCUT2D eigenvalue weighted by Gasteiger charge is -2.41. The van der Waals surface area contributed by atoms with Crippen molar-refractivity contribution in [2.75, 3.05) is 32.7 Å². The number of aromatic amines is 1. The Labute approximate surface area is 158 Å². The van der Waals surface area contributed by atoms with Crippen molar-refractivity contribution < 1.29 is 14.3 Å². The van der Waals surface area contributed by atoms with Gasteiger partial charge in [-0.2, -0.15) is 0 Å². The van der Waals surface area contributed by atoms with Crippen LogP contribution in [0.25, 0.3) is 11.0 Å². The summed E-state index contributed by atoms with van der Waals surface area (Å²) in [6.07, 6.45) is 4.79. The Bertz CT molecular complexity index is 817. The fraction of sp³-hybridized carbons (Fsp3) is 0.600. The molecule has 2 saturated heterocycles. The first kappa shape index (κ1) is 18.4.